The molecule has 2 fully saturated rings. The molecule has 0 aromatic heterocycles. The van der Waals surface area contributed by atoms with Crippen molar-refractivity contribution in [3.63, 3.8) is 0 Å². The molecule has 2 saturated heterocycles. The lowest BCUT2D eigenvalue weighted by Gasteiger charge is -2.32. The summed E-state index contributed by atoms with van der Waals surface area (Å²) in [5.41, 5.74) is 4.26. The highest BCUT2D eigenvalue weighted by Gasteiger charge is 2.53. The van der Waals surface area contributed by atoms with Crippen molar-refractivity contribution in [2.24, 2.45) is 0 Å². The number of carbonyl (C=O) groups excluding carboxylic acids is 3. The number of carbonyl (C=O) groups is 3. The van der Waals surface area contributed by atoms with Gasteiger partial charge in [0.15, 0.2) is 0 Å². The van der Waals surface area contributed by atoms with E-state index in [-0.39, 0.29) is 11.1 Å². The molecule has 0 atom stereocenters. The molecule has 0 amide bonds. The Morgan fingerprint density at radius 3 is 1.93 bits per heavy atom. The molecule has 2 heterocycles. The van der Waals surface area contributed by atoms with Gasteiger partial charge in [-0.1, -0.05) is 24.3 Å². The molecule has 3 aromatic carbocycles. The standard InChI is InChI=1S/C32H31BO9/c1-30(2)31(3,4)42-33(41-30)27-16-23(28(35)37-5)22(15-24(27)29(36)38-6)19-8-10-21-20-9-7-18(17-34)13-25(20)32(26(21)14-19)39-11-12-40-32/h7-10,13-17H,11-12H2,1-6H3. The summed E-state index contributed by atoms with van der Waals surface area (Å²) in [7, 11) is 1.67. The molecule has 3 aromatic rings. The Labute approximate surface area is 244 Å². The lowest BCUT2D eigenvalue weighted by molar-refractivity contribution is -0.126. The maximum atomic E-state index is 13.2. The van der Waals surface area contributed by atoms with Gasteiger partial charge in [0, 0.05) is 16.7 Å². The van der Waals surface area contributed by atoms with Crippen LogP contribution in [0.1, 0.15) is 69.9 Å². The lowest BCUT2D eigenvalue weighted by Crippen LogP contribution is -2.41. The van der Waals surface area contributed by atoms with Crippen LogP contribution in [-0.2, 0) is 34.0 Å². The van der Waals surface area contributed by atoms with Gasteiger partial charge >= 0.3 is 19.1 Å². The van der Waals surface area contributed by atoms with E-state index in [4.69, 9.17) is 28.3 Å². The van der Waals surface area contributed by atoms with Crippen molar-refractivity contribution in [3.05, 3.63) is 76.3 Å². The van der Waals surface area contributed by atoms with Gasteiger partial charge in [0.25, 0.3) is 0 Å². The van der Waals surface area contributed by atoms with Crippen LogP contribution in [0.2, 0.25) is 0 Å². The fraction of sp³-hybridized carbons (Fsp3) is 0.344. The maximum absolute atomic E-state index is 13.2. The van der Waals surface area contributed by atoms with Crippen LogP contribution in [0.25, 0.3) is 22.3 Å². The molecule has 42 heavy (non-hydrogen) atoms. The number of benzene rings is 3. The molecule has 216 valence electrons. The number of aldehydes is 1. The molecular formula is C32H31BO9. The van der Waals surface area contributed by atoms with Gasteiger partial charge in [-0.25, -0.2) is 9.59 Å². The molecule has 2 aliphatic heterocycles. The zero-order valence-electron chi connectivity index (χ0n) is 24.4. The predicted molar refractivity (Wildman–Crippen MR) is 154 cm³/mol. The van der Waals surface area contributed by atoms with Crippen molar-refractivity contribution in [2.45, 2.75) is 44.7 Å². The third-order valence-corrected chi connectivity index (χ3v) is 8.71. The zero-order valence-corrected chi connectivity index (χ0v) is 24.4. The van der Waals surface area contributed by atoms with E-state index in [1.807, 2.05) is 52.0 Å². The van der Waals surface area contributed by atoms with Gasteiger partial charge in [0.1, 0.15) is 6.29 Å². The van der Waals surface area contributed by atoms with E-state index in [0.29, 0.717) is 35.4 Å². The first-order valence-electron chi connectivity index (χ1n) is 13.7. The third-order valence-electron chi connectivity index (χ3n) is 8.71. The van der Waals surface area contributed by atoms with Crippen LogP contribution in [0, 0.1) is 0 Å². The van der Waals surface area contributed by atoms with Crippen LogP contribution in [-0.4, -0.2) is 64.0 Å². The van der Waals surface area contributed by atoms with Gasteiger partial charge in [-0.2, -0.15) is 0 Å². The van der Waals surface area contributed by atoms with Crippen LogP contribution in [0.4, 0.5) is 0 Å². The van der Waals surface area contributed by atoms with Gasteiger partial charge in [-0.3, -0.25) is 4.79 Å². The molecule has 1 aliphatic carbocycles. The Hall–Kier alpha value is -3.83. The number of ether oxygens (including phenoxy) is 4. The molecule has 0 unspecified atom stereocenters. The van der Waals surface area contributed by atoms with Crippen molar-refractivity contribution in [2.75, 3.05) is 27.4 Å². The molecule has 9 nitrogen and oxygen atoms in total. The molecular weight excluding hydrogens is 539 g/mol. The summed E-state index contributed by atoms with van der Waals surface area (Å²) < 4.78 is 35.2. The maximum Gasteiger partial charge on any atom is 0.495 e. The predicted octanol–water partition coefficient (Wildman–Crippen LogP) is 4.27. The number of hydrogen-bond donors (Lipinski definition) is 0. The summed E-state index contributed by atoms with van der Waals surface area (Å²) in [6.45, 7) is 8.37. The Balaban J connectivity index is 1.55. The highest BCUT2D eigenvalue weighted by atomic mass is 16.7. The van der Waals surface area contributed by atoms with Crippen LogP contribution < -0.4 is 5.46 Å². The van der Waals surface area contributed by atoms with E-state index in [1.54, 1.807) is 24.3 Å². The zero-order chi connectivity index (χ0) is 30.0. The van der Waals surface area contributed by atoms with E-state index in [2.05, 4.69) is 0 Å². The van der Waals surface area contributed by atoms with Crippen LogP contribution in [0.15, 0.2) is 48.5 Å². The summed E-state index contributed by atoms with van der Waals surface area (Å²) in [5, 5.41) is 0. The minimum absolute atomic E-state index is 0.196. The average Bonchev–Trinajstić information content (AvgIpc) is 3.64. The van der Waals surface area contributed by atoms with Crippen molar-refractivity contribution >= 4 is 30.8 Å². The number of rotatable bonds is 5. The summed E-state index contributed by atoms with van der Waals surface area (Å²) in [5.74, 6) is -2.40. The van der Waals surface area contributed by atoms with E-state index in [1.165, 1.54) is 14.2 Å². The largest absolute Gasteiger partial charge is 0.495 e. The smallest absolute Gasteiger partial charge is 0.465 e. The lowest BCUT2D eigenvalue weighted by atomic mass is 9.73. The van der Waals surface area contributed by atoms with E-state index < -0.39 is 36.0 Å². The SMILES string of the molecule is COC(=O)c1cc(-c2ccc3c(c2)C2(OCCO2)c2cc(C=O)ccc2-3)c(C(=O)OC)cc1B1OC(C)(C)C(C)(C)O1. The fourth-order valence-corrected chi connectivity index (χ4v) is 5.82. The van der Waals surface area contributed by atoms with Gasteiger partial charge in [0.05, 0.1) is 49.8 Å². The number of methoxy groups -OCH3 is 2. The second-order valence-electron chi connectivity index (χ2n) is 11.6. The van der Waals surface area contributed by atoms with Crippen LogP contribution in [0.3, 0.4) is 0 Å². The Morgan fingerprint density at radius 1 is 0.762 bits per heavy atom. The highest BCUT2D eigenvalue weighted by Crippen LogP contribution is 2.53. The Bertz CT molecular complexity index is 1620. The van der Waals surface area contributed by atoms with Crippen LogP contribution in [0.5, 0.6) is 0 Å². The van der Waals surface area contributed by atoms with E-state index in [0.717, 1.165) is 28.5 Å². The van der Waals surface area contributed by atoms with Crippen molar-refractivity contribution in [1.82, 2.24) is 0 Å². The van der Waals surface area contributed by atoms with Gasteiger partial charge in [0.2, 0.25) is 5.79 Å². The Morgan fingerprint density at radius 2 is 1.33 bits per heavy atom. The molecule has 0 radical (unpaired) electrons. The second kappa shape index (κ2) is 9.88. The topological polar surface area (TPSA) is 107 Å². The van der Waals surface area contributed by atoms with E-state index >= 15 is 0 Å². The van der Waals surface area contributed by atoms with Crippen molar-refractivity contribution < 1.29 is 42.6 Å². The molecule has 6 rings (SSSR count). The molecule has 3 aliphatic rings. The second-order valence-corrected chi connectivity index (χ2v) is 11.6. The minimum atomic E-state index is -1.20. The van der Waals surface area contributed by atoms with Crippen LogP contribution >= 0.6 is 0 Å². The first-order valence-corrected chi connectivity index (χ1v) is 13.7. The van der Waals surface area contributed by atoms with Gasteiger partial charge in [-0.15, -0.1) is 0 Å². The molecule has 0 saturated carbocycles. The minimum Gasteiger partial charge on any atom is -0.465 e. The highest BCUT2D eigenvalue weighted by molar-refractivity contribution is 6.63. The summed E-state index contributed by atoms with van der Waals surface area (Å²) in [6.07, 6.45) is 0.788. The third kappa shape index (κ3) is 4.12. The number of hydrogen-bond acceptors (Lipinski definition) is 9. The average molecular weight is 570 g/mol. The molecule has 0 bridgehead atoms. The van der Waals surface area contributed by atoms with Gasteiger partial charge < -0.3 is 28.3 Å². The normalized spacial score (nSPS) is 19.0. The first-order chi connectivity index (χ1) is 20.0. The summed E-state index contributed by atoms with van der Waals surface area (Å²) >= 11 is 0. The molecule has 10 heteroatoms. The fourth-order valence-electron chi connectivity index (χ4n) is 5.82. The summed E-state index contributed by atoms with van der Waals surface area (Å²) in [6, 6.07) is 14.3. The van der Waals surface area contributed by atoms with Crippen molar-refractivity contribution in [1.29, 1.82) is 0 Å². The molecule has 0 N–H and O–H groups in total. The summed E-state index contributed by atoms with van der Waals surface area (Å²) in [4.78, 5) is 37.9. The molecule has 1 spiro atoms. The van der Waals surface area contributed by atoms with Gasteiger partial charge in [-0.05, 0) is 79.7 Å². The number of esters is 2. The quantitative estimate of drug-likeness (QED) is 0.253. The number of fused-ring (bicyclic) bond motifs is 5. The Kier molecular flexibility index (Phi) is 6.66. The first kappa shape index (κ1) is 28.3. The van der Waals surface area contributed by atoms with E-state index in [9.17, 15) is 14.4 Å². The monoisotopic (exact) mass is 570 g/mol. The van der Waals surface area contributed by atoms with Crippen molar-refractivity contribution in [3.8, 4) is 22.3 Å².